The molecule has 0 unspecified atom stereocenters. The van der Waals surface area contributed by atoms with Crippen LogP contribution in [0.1, 0.15) is 16.9 Å². The van der Waals surface area contributed by atoms with E-state index in [0.717, 1.165) is 44.8 Å². The second kappa shape index (κ2) is 7.66. The molecule has 6 nitrogen and oxygen atoms in total. The molecule has 21 heavy (non-hydrogen) atoms. The minimum Gasteiger partial charge on any atom is -0.379 e. The topological polar surface area (TPSA) is 84.7 Å². The van der Waals surface area contributed by atoms with Crippen LogP contribution in [0, 0.1) is 6.92 Å². The number of nitrogens with two attached hydrogens (primary N) is 1. The fraction of sp³-hybridized carbons (Fsp3) is 0.692. The average Bonchev–Trinajstić information content (AvgIpc) is 2.86. The van der Waals surface area contributed by atoms with E-state index in [1.54, 1.807) is 6.92 Å². The predicted octanol–water partition coefficient (Wildman–Crippen LogP) is 0.516. The molecule has 1 saturated heterocycles. The average molecular weight is 333 g/mol. The second-order valence-corrected chi connectivity index (χ2v) is 7.75. The Labute approximate surface area is 130 Å². The van der Waals surface area contributed by atoms with Gasteiger partial charge in [-0.1, -0.05) is 0 Å². The number of nitrogens with one attached hydrogen (secondary N) is 1. The normalized spacial score (nSPS) is 17.2. The Balaban J connectivity index is 1.85. The SMILES string of the molecule is Cc1csc(CN)c1S(=O)(=O)NCCCN1CCOCC1. The van der Waals surface area contributed by atoms with Crippen LogP contribution in [0.5, 0.6) is 0 Å². The highest BCUT2D eigenvalue weighted by molar-refractivity contribution is 7.89. The molecule has 1 aliphatic rings. The molecule has 0 atom stereocenters. The first-order valence-corrected chi connectivity index (χ1v) is 9.47. The van der Waals surface area contributed by atoms with E-state index >= 15 is 0 Å². The summed E-state index contributed by atoms with van der Waals surface area (Å²) >= 11 is 1.40. The Morgan fingerprint density at radius 3 is 2.81 bits per heavy atom. The first-order chi connectivity index (χ1) is 10.0. The molecule has 0 saturated carbocycles. The predicted molar refractivity (Wildman–Crippen MR) is 84.0 cm³/mol. The molecule has 120 valence electrons. The minimum absolute atomic E-state index is 0.253. The monoisotopic (exact) mass is 333 g/mol. The third-order valence-electron chi connectivity index (χ3n) is 3.49. The lowest BCUT2D eigenvalue weighted by Gasteiger charge is -2.26. The van der Waals surface area contributed by atoms with Gasteiger partial charge in [-0.05, 0) is 30.8 Å². The van der Waals surface area contributed by atoms with Crippen molar-refractivity contribution < 1.29 is 13.2 Å². The van der Waals surface area contributed by atoms with E-state index in [1.807, 2.05) is 5.38 Å². The molecule has 1 aromatic heterocycles. The Kier molecular flexibility index (Phi) is 6.15. The number of hydrogen-bond donors (Lipinski definition) is 2. The number of ether oxygens (including phenoxy) is 1. The van der Waals surface area contributed by atoms with Gasteiger partial charge in [0, 0.05) is 31.1 Å². The van der Waals surface area contributed by atoms with Crippen LogP contribution in [-0.2, 0) is 21.3 Å². The van der Waals surface area contributed by atoms with Crippen molar-refractivity contribution in [1.29, 1.82) is 0 Å². The van der Waals surface area contributed by atoms with E-state index in [4.69, 9.17) is 10.5 Å². The number of hydrogen-bond acceptors (Lipinski definition) is 6. The highest BCUT2D eigenvalue weighted by Crippen LogP contribution is 2.26. The maximum atomic E-state index is 12.4. The standard InChI is InChI=1S/C13H23N3O3S2/c1-11-10-20-12(9-14)13(11)21(17,18)15-3-2-4-16-5-7-19-8-6-16/h10,15H,2-9,14H2,1H3. The van der Waals surface area contributed by atoms with Crippen LogP contribution in [-0.4, -0.2) is 52.7 Å². The van der Waals surface area contributed by atoms with Crippen molar-refractivity contribution in [3.8, 4) is 0 Å². The molecule has 0 aromatic carbocycles. The zero-order valence-corrected chi connectivity index (χ0v) is 13.9. The molecular weight excluding hydrogens is 310 g/mol. The van der Waals surface area contributed by atoms with Crippen molar-refractivity contribution in [2.24, 2.45) is 5.73 Å². The molecular formula is C13H23N3O3S2. The zero-order chi connectivity index (χ0) is 15.3. The smallest absolute Gasteiger partial charge is 0.241 e. The van der Waals surface area contributed by atoms with E-state index < -0.39 is 10.0 Å². The van der Waals surface area contributed by atoms with Crippen molar-refractivity contribution in [2.75, 3.05) is 39.4 Å². The number of rotatable bonds is 7. The van der Waals surface area contributed by atoms with Crippen molar-refractivity contribution in [3.05, 3.63) is 15.8 Å². The van der Waals surface area contributed by atoms with E-state index in [9.17, 15) is 8.42 Å². The summed E-state index contributed by atoms with van der Waals surface area (Å²) in [6.45, 7) is 6.76. The van der Waals surface area contributed by atoms with E-state index in [2.05, 4.69) is 9.62 Å². The third kappa shape index (κ3) is 4.48. The molecule has 0 aliphatic carbocycles. The molecule has 0 amide bonds. The van der Waals surface area contributed by atoms with Gasteiger partial charge < -0.3 is 10.5 Å². The molecule has 8 heteroatoms. The lowest BCUT2D eigenvalue weighted by atomic mass is 10.3. The Morgan fingerprint density at radius 1 is 1.43 bits per heavy atom. The van der Waals surface area contributed by atoms with Crippen molar-refractivity contribution >= 4 is 21.4 Å². The van der Waals surface area contributed by atoms with Gasteiger partial charge in [0.05, 0.1) is 13.2 Å². The van der Waals surface area contributed by atoms with Gasteiger partial charge in [-0.25, -0.2) is 13.1 Å². The first kappa shape index (κ1) is 16.9. The molecule has 2 heterocycles. The molecule has 3 N–H and O–H groups in total. The number of aryl methyl sites for hydroxylation is 1. The summed E-state index contributed by atoms with van der Waals surface area (Å²) in [6.07, 6.45) is 0.792. The van der Waals surface area contributed by atoms with Gasteiger partial charge in [0.1, 0.15) is 4.90 Å². The molecule has 0 bridgehead atoms. The molecule has 1 aliphatic heterocycles. The maximum absolute atomic E-state index is 12.4. The van der Waals surface area contributed by atoms with Crippen LogP contribution in [0.25, 0.3) is 0 Å². The second-order valence-electron chi connectivity index (χ2n) is 5.08. The van der Waals surface area contributed by atoms with Gasteiger partial charge in [-0.15, -0.1) is 11.3 Å². The highest BCUT2D eigenvalue weighted by Gasteiger charge is 2.22. The van der Waals surface area contributed by atoms with Crippen molar-refractivity contribution in [1.82, 2.24) is 9.62 Å². The van der Waals surface area contributed by atoms with Gasteiger partial charge in [0.15, 0.2) is 0 Å². The highest BCUT2D eigenvalue weighted by atomic mass is 32.2. The Hall–Kier alpha value is -0.510. The molecule has 2 rings (SSSR count). The summed E-state index contributed by atoms with van der Waals surface area (Å²) in [5.74, 6) is 0. The molecule has 1 fully saturated rings. The third-order valence-corrected chi connectivity index (χ3v) is 6.44. The summed E-state index contributed by atoms with van der Waals surface area (Å²) in [5, 5.41) is 1.84. The summed E-state index contributed by atoms with van der Waals surface area (Å²) in [4.78, 5) is 3.37. The summed E-state index contributed by atoms with van der Waals surface area (Å²) < 4.78 is 32.7. The van der Waals surface area contributed by atoms with Crippen LogP contribution in [0.2, 0.25) is 0 Å². The van der Waals surface area contributed by atoms with Gasteiger partial charge in [-0.2, -0.15) is 0 Å². The maximum Gasteiger partial charge on any atom is 0.241 e. The largest absolute Gasteiger partial charge is 0.379 e. The fourth-order valence-corrected chi connectivity index (χ4v) is 5.17. The lowest BCUT2D eigenvalue weighted by molar-refractivity contribution is 0.0376. The van der Waals surface area contributed by atoms with E-state index in [0.29, 0.717) is 16.3 Å². The summed E-state index contributed by atoms with van der Waals surface area (Å²) in [5.41, 5.74) is 6.38. The van der Waals surface area contributed by atoms with E-state index in [-0.39, 0.29) is 6.54 Å². The van der Waals surface area contributed by atoms with Crippen LogP contribution in [0.4, 0.5) is 0 Å². The fourth-order valence-electron chi connectivity index (χ4n) is 2.40. The Morgan fingerprint density at radius 2 is 2.14 bits per heavy atom. The minimum atomic E-state index is -3.46. The molecule has 1 aromatic rings. The van der Waals surface area contributed by atoms with Crippen LogP contribution in [0.3, 0.4) is 0 Å². The molecule has 0 spiro atoms. The quantitative estimate of drug-likeness (QED) is 0.711. The van der Waals surface area contributed by atoms with Gasteiger partial charge in [0.25, 0.3) is 0 Å². The summed E-state index contributed by atoms with van der Waals surface area (Å²) in [7, 11) is -3.46. The Bertz CT molecular complexity index is 551. The zero-order valence-electron chi connectivity index (χ0n) is 12.3. The first-order valence-electron chi connectivity index (χ1n) is 7.11. The van der Waals surface area contributed by atoms with E-state index in [1.165, 1.54) is 11.3 Å². The van der Waals surface area contributed by atoms with Crippen molar-refractivity contribution in [2.45, 2.75) is 24.8 Å². The number of nitrogens with zero attached hydrogens (tertiary/aromatic N) is 1. The van der Waals surface area contributed by atoms with Crippen LogP contribution >= 0.6 is 11.3 Å². The number of morpholine rings is 1. The van der Waals surface area contributed by atoms with Crippen molar-refractivity contribution in [3.63, 3.8) is 0 Å². The summed E-state index contributed by atoms with van der Waals surface area (Å²) in [6, 6.07) is 0. The lowest BCUT2D eigenvalue weighted by Crippen LogP contribution is -2.38. The van der Waals surface area contributed by atoms with Gasteiger partial charge >= 0.3 is 0 Å². The molecule has 0 radical (unpaired) electrons. The van der Waals surface area contributed by atoms with Gasteiger partial charge in [0.2, 0.25) is 10.0 Å². The van der Waals surface area contributed by atoms with Crippen LogP contribution in [0.15, 0.2) is 10.3 Å². The van der Waals surface area contributed by atoms with Gasteiger partial charge in [-0.3, -0.25) is 4.90 Å². The number of sulfonamides is 1. The number of thiophene rings is 1. The van der Waals surface area contributed by atoms with Crippen LogP contribution < -0.4 is 10.5 Å².